The third-order valence-electron chi connectivity index (χ3n) is 6.42. The molecule has 0 aliphatic carbocycles. The average Bonchev–Trinajstić information content (AvgIpc) is 2.78. The van der Waals surface area contributed by atoms with Gasteiger partial charge in [-0.05, 0) is 64.0 Å². The number of ether oxygens (including phenoxy) is 1. The van der Waals surface area contributed by atoms with Gasteiger partial charge in [-0.15, -0.1) is 0 Å². The predicted molar refractivity (Wildman–Crippen MR) is 124 cm³/mol. The number of amides is 2. The molecule has 0 bridgehead atoms. The largest absolute Gasteiger partial charge is 0.493 e. The van der Waals surface area contributed by atoms with Crippen molar-refractivity contribution in [2.75, 3.05) is 32.8 Å². The molecule has 2 N–H and O–H groups in total. The summed E-state index contributed by atoms with van der Waals surface area (Å²) in [5, 5.41) is 12.7. The molecule has 0 radical (unpaired) electrons. The quantitative estimate of drug-likeness (QED) is 0.744. The van der Waals surface area contributed by atoms with Gasteiger partial charge in [-0.25, -0.2) is 0 Å². The molecule has 7 nitrogen and oxygen atoms in total. The van der Waals surface area contributed by atoms with E-state index in [-0.39, 0.29) is 24.0 Å². The number of carbonyl (C=O) groups is 2. The monoisotopic (exact) mass is 445 g/mol. The predicted octanol–water partition coefficient (Wildman–Crippen LogP) is 2.49. The zero-order chi connectivity index (χ0) is 22.9. The number of nitrogens with zero attached hydrogens (tertiary/aromatic N) is 2. The lowest BCUT2D eigenvalue weighted by Gasteiger charge is -2.29. The van der Waals surface area contributed by atoms with Gasteiger partial charge in [0.2, 0.25) is 11.8 Å². The van der Waals surface area contributed by atoms with Crippen LogP contribution >= 0.6 is 0 Å². The fraction of sp³-hybridized carbons (Fsp3) is 0.680. The topological polar surface area (TPSA) is 82.1 Å². The van der Waals surface area contributed by atoms with Crippen LogP contribution in [0.5, 0.6) is 5.75 Å². The summed E-state index contributed by atoms with van der Waals surface area (Å²) in [4.78, 5) is 29.0. The number of rotatable bonds is 4. The van der Waals surface area contributed by atoms with Crippen LogP contribution in [0, 0.1) is 0 Å². The maximum absolute atomic E-state index is 12.6. The van der Waals surface area contributed by atoms with E-state index in [1.54, 1.807) is 0 Å². The van der Waals surface area contributed by atoms with Crippen molar-refractivity contribution in [3.63, 3.8) is 0 Å². The number of aryl methyl sites for hydroxylation is 1. The number of fused-ring (bicyclic) bond motifs is 1. The Balaban J connectivity index is 1.69. The molecule has 2 heterocycles. The van der Waals surface area contributed by atoms with Crippen molar-refractivity contribution in [2.24, 2.45) is 0 Å². The number of hydrogen-bond acceptors (Lipinski definition) is 5. The Bertz CT molecular complexity index is 760. The van der Waals surface area contributed by atoms with Crippen LogP contribution in [-0.2, 0) is 22.6 Å². The van der Waals surface area contributed by atoms with Crippen molar-refractivity contribution in [3.05, 3.63) is 29.3 Å². The lowest BCUT2D eigenvalue weighted by Crippen LogP contribution is -2.40. The van der Waals surface area contributed by atoms with E-state index in [1.165, 1.54) is 0 Å². The minimum absolute atomic E-state index is 0.0637. The third kappa shape index (κ3) is 7.48. The Kier molecular flexibility index (Phi) is 9.36. The van der Waals surface area contributed by atoms with E-state index in [0.717, 1.165) is 36.1 Å². The zero-order valence-corrected chi connectivity index (χ0v) is 19.6. The number of aliphatic hydroxyl groups excluding tert-OH is 1. The van der Waals surface area contributed by atoms with E-state index < -0.39 is 0 Å². The fourth-order valence-electron chi connectivity index (χ4n) is 4.27. The maximum Gasteiger partial charge on any atom is 0.234 e. The first-order valence-electron chi connectivity index (χ1n) is 12.1. The van der Waals surface area contributed by atoms with Gasteiger partial charge >= 0.3 is 0 Å². The standard InChI is InChI=1S/C25H39N3O4/c1-19(2)28-17-21-16-20(7-9-25(31)27-13-10-22(29)11-14-27)6-8-23(21)32-15-5-3-4-12-26-24(30)18-28/h6,8,16,19,22,29H,3-5,7,9-15,17-18H2,1-2H3,(H,26,30). The van der Waals surface area contributed by atoms with Crippen LogP contribution < -0.4 is 10.1 Å². The van der Waals surface area contributed by atoms with Crippen LogP contribution in [0.1, 0.15) is 63.5 Å². The first kappa shape index (κ1) is 24.5. The molecule has 1 aromatic rings. The van der Waals surface area contributed by atoms with E-state index in [2.05, 4.69) is 36.2 Å². The molecule has 178 valence electrons. The molecule has 1 aromatic carbocycles. The van der Waals surface area contributed by atoms with E-state index in [4.69, 9.17) is 4.74 Å². The Labute approximate surface area is 192 Å². The second kappa shape index (κ2) is 12.2. The van der Waals surface area contributed by atoms with Gasteiger partial charge in [0.1, 0.15) is 5.75 Å². The Morgan fingerprint density at radius 2 is 1.97 bits per heavy atom. The summed E-state index contributed by atoms with van der Waals surface area (Å²) in [6, 6.07) is 6.43. The first-order chi connectivity index (χ1) is 15.4. The van der Waals surface area contributed by atoms with Gasteiger partial charge in [0.25, 0.3) is 0 Å². The van der Waals surface area contributed by atoms with Gasteiger partial charge < -0.3 is 20.1 Å². The second-order valence-electron chi connectivity index (χ2n) is 9.31. The van der Waals surface area contributed by atoms with Gasteiger partial charge in [0, 0.05) is 44.2 Å². The van der Waals surface area contributed by atoms with Crippen LogP contribution in [0.3, 0.4) is 0 Å². The van der Waals surface area contributed by atoms with Gasteiger partial charge in [-0.1, -0.05) is 12.1 Å². The van der Waals surface area contributed by atoms with Crippen molar-refractivity contribution >= 4 is 11.8 Å². The normalized spacial score (nSPS) is 19.9. The van der Waals surface area contributed by atoms with Gasteiger partial charge in [0.15, 0.2) is 0 Å². The SMILES string of the molecule is CC(C)N1CC(=O)NCCCCCOc2ccc(CCC(=O)N3CCC(O)CC3)cc2C1. The maximum atomic E-state index is 12.6. The molecule has 0 spiro atoms. The number of aliphatic hydroxyl groups is 1. The highest BCUT2D eigenvalue weighted by Crippen LogP contribution is 2.25. The highest BCUT2D eigenvalue weighted by Gasteiger charge is 2.21. The van der Waals surface area contributed by atoms with Gasteiger partial charge in [0.05, 0.1) is 19.3 Å². The summed E-state index contributed by atoms with van der Waals surface area (Å²) in [6.07, 6.45) is 5.15. The number of benzene rings is 1. The number of piperidine rings is 1. The summed E-state index contributed by atoms with van der Waals surface area (Å²) in [7, 11) is 0. The average molecular weight is 446 g/mol. The smallest absolute Gasteiger partial charge is 0.234 e. The molecule has 0 aromatic heterocycles. The molecule has 1 fully saturated rings. The van der Waals surface area contributed by atoms with Crippen LogP contribution in [-0.4, -0.2) is 71.7 Å². The van der Waals surface area contributed by atoms with Crippen LogP contribution in [0.25, 0.3) is 0 Å². The molecule has 0 unspecified atom stereocenters. The first-order valence-corrected chi connectivity index (χ1v) is 12.1. The molecule has 2 amide bonds. The van der Waals surface area contributed by atoms with E-state index in [0.29, 0.717) is 65.0 Å². The Morgan fingerprint density at radius 3 is 2.72 bits per heavy atom. The highest BCUT2D eigenvalue weighted by atomic mass is 16.5. The van der Waals surface area contributed by atoms with E-state index >= 15 is 0 Å². The number of hydrogen-bond donors (Lipinski definition) is 2. The summed E-state index contributed by atoms with van der Waals surface area (Å²) in [5.74, 6) is 1.09. The molecule has 32 heavy (non-hydrogen) atoms. The molecule has 2 aliphatic rings. The van der Waals surface area contributed by atoms with Crippen molar-refractivity contribution in [3.8, 4) is 5.75 Å². The van der Waals surface area contributed by atoms with Crippen molar-refractivity contribution in [1.29, 1.82) is 0 Å². The summed E-state index contributed by atoms with van der Waals surface area (Å²) >= 11 is 0. The van der Waals surface area contributed by atoms with Crippen molar-refractivity contribution in [2.45, 2.75) is 77.5 Å². The second-order valence-corrected chi connectivity index (χ2v) is 9.31. The van der Waals surface area contributed by atoms with Crippen LogP contribution in [0.2, 0.25) is 0 Å². The lowest BCUT2D eigenvalue weighted by atomic mass is 10.0. The number of nitrogens with one attached hydrogen (secondary N) is 1. The van der Waals surface area contributed by atoms with E-state index in [9.17, 15) is 14.7 Å². The van der Waals surface area contributed by atoms with Crippen molar-refractivity contribution in [1.82, 2.24) is 15.1 Å². The Hall–Kier alpha value is -2.12. The Morgan fingerprint density at radius 1 is 1.19 bits per heavy atom. The van der Waals surface area contributed by atoms with Crippen molar-refractivity contribution < 1.29 is 19.4 Å². The fourth-order valence-corrected chi connectivity index (χ4v) is 4.27. The molecule has 0 saturated carbocycles. The zero-order valence-electron chi connectivity index (χ0n) is 19.6. The number of likely N-dealkylation sites (tertiary alicyclic amines) is 1. The third-order valence-corrected chi connectivity index (χ3v) is 6.42. The lowest BCUT2D eigenvalue weighted by molar-refractivity contribution is -0.133. The summed E-state index contributed by atoms with van der Waals surface area (Å²) in [6.45, 7) is 7.86. The van der Waals surface area contributed by atoms with Crippen LogP contribution in [0.4, 0.5) is 0 Å². The summed E-state index contributed by atoms with van der Waals surface area (Å²) in [5.41, 5.74) is 2.17. The van der Waals surface area contributed by atoms with Gasteiger partial charge in [-0.3, -0.25) is 14.5 Å². The summed E-state index contributed by atoms with van der Waals surface area (Å²) < 4.78 is 6.11. The van der Waals surface area contributed by atoms with Gasteiger partial charge in [-0.2, -0.15) is 0 Å². The van der Waals surface area contributed by atoms with Crippen LogP contribution in [0.15, 0.2) is 18.2 Å². The van der Waals surface area contributed by atoms with E-state index in [1.807, 2.05) is 11.0 Å². The minimum atomic E-state index is -0.273. The molecule has 3 rings (SSSR count). The molecule has 7 heteroatoms. The molecule has 0 atom stereocenters. The molecular formula is C25H39N3O4. The molecule has 1 saturated heterocycles. The highest BCUT2D eigenvalue weighted by molar-refractivity contribution is 5.78. The number of carbonyl (C=O) groups excluding carboxylic acids is 2. The molecular weight excluding hydrogens is 406 g/mol. The molecule has 2 aliphatic heterocycles. The minimum Gasteiger partial charge on any atom is -0.493 e.